The van der Waals surface area contributed by atoms with Gasteiger partial charge < -0.3 is 14.6 Å². The fraction of sp³-hybridized carbons (Fsp3) is 0.391. The number of benzene rings is 1. The molecular weight excluding hydrogens is 477 g/mol. The molecule has 34 heavy (non-hydrogen) atoms. The smallest absolute Gasteiger partial charge is 0.276 e. The minimum absolute atomic E-state index is 0.183. The van der Waals surface area contributed by atoms with Crippen LogP contribution >= 0.6 is 23.2 Å². The molecule has 2 aliphatic heterocycles. The lowest BCUT2D eigenvalue weighted by molar-refractivity contribution is -0.110. The molecule has 0 bridgehead atoms. The van der Waals surface area contributed by atoms with Gasteiger partial charge in [0.2, 0.25) is 0 Å². The number of aryl methyl sites for hydroxylation is 2. The standard InChI is InChI=1S/C23H25Cl2N7O2/c1-13-14(2)32(5-3-4-31-6-8-34-9-7-31)22-18(13)21(26-12-27-22)30-29-20-19-16(25)10-15(24)11-17(19)28-23(20)33/h10-12H,3-9H2,1-2H3,(H,26,27,30)(H,28,29,33). The van der Waals surface area contributed by atoms with E-state index in [2.05, 4.69) is 42.2 Å². The summed E-state index contributed by atoms with van der Waals surface area (Å²) >= 11 is 12.4. The van der Waals surface area contributed by atoms with Gasteiger partial charge in [0.05, 0.1) is 34.9 Å². The summed E-state index contributed by atoms with van der Waals surface area (Å²) in [5.74, 6) is 0.182. The summed E-state index contributed by atoms with van der Waals surface area (Å²) in [6, 6.07) is 3.24. The van der Waals surface area contributed by atoms with Crippen molar-refractivity contribution in [2.45, 2.75) is 26.8 Å². The molecule has 3 aromatic rings. The van der Waals surface area contributed by atoms with Gasteiger partial charge in [-0.25, -0.2) is 9.97 Å². The van der Waals surface area contributed by atoms with Crippen molar-refractivity contribution >= 4 is 57.4 Å². The van der Waals surface area contributed by atoms with Crippen LogP contribution in [0, 0.1) is 13.8 Å². The number of nitrogens with one attached hydrogen (secondary N) is 2. The van der Waals surface area contributed by atoms with Gasteiger partial charge in [-0.2, -0.15) is 5.10 Å². The SMILES string of the molecule is Cc1c(C)n(CCCN2CCOCC2)c2ncnc(N/N=C3\C(=O)Nc4cc(Cl)cc(Cl)c43)c12. The zero-order valence-electron chi connectivity index (χ0n) is 19.0. The average Bonchev–Trinajstić information content (AvgIpc) is 3.27. The normalized spacial score (nSPS) is 17.4. The largest absolute Gasteiger partial charge is 0.379 e. The van der Waals surface area contributed by atoms with Crippen LogP contribution in [0.5, 0.6) is 0 Å². The van der Waals surface area contributed by atoms with Gasteiger partial charge in [-0.1, -0.05) is 23.2 Å². The number of ether oxygens (including phenoxy) is 1. The molecule has 2 aliphatic rings. The molecule has 0 spiro atoms. The lowest BCUT2D eigenvalue weighted by Crippen LogP contribution is -2.37. The first-order valence-electron chi connectivity index (χ1n) is 11.2. The van der Waals surface area contributed by atoms with Crippen LogP contribution in [-0.4, -0.2) is 63.9 Å². The van der Waals surface area contributed by atoms with E-state index in [1.54, 1.807) is 12.1 Å². The third-order valence-corrected chi connectivity index (χ3v) is 6.91. The second kappa shape index (κ2) is 9.50. The van der Waals surface area contributed by atoms with E-state index in [-0.39, 0.29) is 11.6 Å². The Morgan fingerprint density at radius 2 is 1.97 bits per heavy atom. The number of fused-ring (bicyclic) bond motifs is 2. The monoisotopic (exact) mass is 501 g/mol. The minimum Gasteiger partial charge on any atom is -0.379 e. The highest BCUT2D eigenvalue weighted by Gasteiger charge is 2.29. The number of amides is 1. The molecule has 1 fully saturated rings. The third-order valence-electron chi connectivity index (χ3n) is 6.39. The fourth-order valence-corrected chi connectivity index (χ4v) is 5.11. The Labute approximate surface area is 207 Å². The van der Waals surface area contributed by atoms with E-state index in [9.17, 15) is 4.79 Å². The maximum absolute atomic E-state index is 12.5. The molecule has 0 radical (unpaired) electrons. The maximum Gasteiger partial charge on any atom is 0.276 e. The highest BCUT2D eigenvalue weighted by Crippen LogP contribution is 2.34. The quantitative estimate of drug-likeness (QED) is 0.498. The molecule has 0 atom stereocenters. The molecule has 178 valence electrons. The lowest BCUT2D eigenvalue weighted by Gasteiger charge is -2.26. The Balaban J connectivity index is 1.41. The van der Waals surface area contributed by atoms with Crippen LogP contribution in [0.4, 0.5) is 11.5 Å². The van der Waals surface area contributed by atoms with E-state index >= 15 is 0 Å². The molecule has 2 N–H and O–H groups in total. The van der Waals surface area contributed by atoms with Crippen LogP contribution < -0.4 is 10.7 Å². The van der Waals surface area contributed by atoms with Crippen molar-refractivity contribution in [2.24, 2.45) is 5.10 Å². The van der Waals surface area contributed by atoms with E-state index in [1.807, 2.05) is 6.92 Å². The van der Waals surface area contributed by atoms with Crippen molar-refractivity contribution in [2.75, 3.05) is 43.6 Å². The summed E-state index contributed by atoms with van der Waals surface area (Å²) in [5.41, 5.74) is 7.27. The molecule has 1 saturated heterocycles. The minimum atomic E-state index is -0.356. The van der Waals surface area contributed by atoms with E-state index in [4.69, 9.17) is 27.9 Å². The molecule has 0 saturated carbocycles. The number of carbonyl (C=O) groups is 1. The number of hydrogen-bond acceptors (Lipinski definition) is 7. The zero-order valence-corrected chi connectivity index (χ0v) is 20.5. The summed E-state index contributed by atoms with van der Waals surface area (Å²) in [5, 5.41) is 8.80. The number of rotatable bonds is 6. The van der Waals surface area contributed by atoms with Crippen LogP contribution in [0.25, 0.3) is 11.0 Å². The van der Waals surface area contributed by atoms with E-state index in [1.165, 1.54) is 6.33 Å². The number of carbonyl (C=O) groups excluding carboxylic acids is 1. The summed E-state index contributed by atoms with van der Waals surface area (Å²) < 4.78 is 7.66. The molecule has 11 heteroatoms. The Bertz CT molecular complexity index is 1300. The molecule has 0 unspecified atom stereocenters. The topological polar surface area (TPSA) is 96.7 Å². The van der Waals surface area contributed by atoms with Gasteiger partial charge in [0.15, 0.2) is 11.5 Å². The van der Waals surface area contributed by atoms with E-state index < -0.39 is 0 Å². The Morgan fingerprint density at radius 3 is 2.76 bits per heavy atom. The maximum atomic E-state index is 12.5. The Hall–Kier alpha value is -2.72. The molecule has 2 aromatic heterocycles. The predicted octanol–water partition coefficient (Wildman–Crippen LogP) is 3.85. The van der Waals surface area contributed by atoms with Crippen LogP contribution in [-0.2, 0) is 16.1 Å². The van der Waals surface area contributed by atoms with Crippen molar-refractivity contribution in [3.8, 4) is 0 Å². The number of nitrogens with zero attached hydrogens (tertiary/aromatic N) is 5. The summed E-state index contributed by atoms with van der Waals surface area (Å²) in [7, 11) is 0. The fourth-order valence-electron chi connectivity index (χ4n) is 4.53. The lowest BCUT2D eigenvalue weighted by atomic mass is 10.1. The van der Waals surface area contributed by atoms with Crippen LogP contribution in [0.2, 0.25) is 10.0 Å². The average molecular weight is 502 g/mol. The summed E-state index contributed by atoms with van der Waals surface area (Å²) in [6.45, 7) is 9.57. The summed E-state index contributed by atoms with van der Waals surface area (Å²) in [4.78, 5) is 23.9. The van der Waals surface area contributed by atoms with Crippen LogP contribution in [0.1, 0.15) is 23.2 Å². The highest BCUT2D eigenvalue weighted by atomic mass is 35.5. The second-order valence-electron chi connectivity index (χ2n) is 8.43. The Morgan fingerprint density at radius 1 is 1.18 bits per heavy atom. The molecule has 9 nitrogen and oxygen atoms in total. The first kappa shape index (κ1) is 23.0. The zero-order chi connectivity index (χ0) is 23.8. The van der Waals surface area contributed by atoms with Gasteiger partial charge in [0.1, 0.15) is 12.0 Å². The highest BCUT2D eigenvalue weighted by molar-refractivity contribution is 6.57. The third kappa shape index (κ3) is 4.24. The van der Waals surface area contributed by atoms with Gasteiger partial charge >= 0.3 is 0 Å². The first-order chi connectivity index (χ1) is 16.4. The van der Waals surface area contributed by atoms with Gasteiger partial charge in [-0.3, -0.25) is 15.1 Å². The van der Waals surface area contributed by atoms with Crippen molar-refractivity contribution in [1.29, 1.82) is 0 Å². The molecule has 0 aliphatic carbocycles. The molecular formula is C23H25Cl2N7O2. The van der Waals surface area contributed by atoms with Crippen LogP contribution in [0.3, 0.4) is 0 Å². The number of halogens is 2. The molecule has 5 rings (SSSR count). The van der Waals surface area contributed by atoms with Gasteiger partial charge in [-0.15, -0.1) is 0 Å². The van der Waals surface area contributed by atoms with Gasteiger partial charge in [-0.05, 0) is 38.0 Å². The number of morpholine rings is 1. The predicted molar refractivity (Wildman–Crippen MR) is 134 cm³/mol. The number of hydrogen-bond donors (Lipinski definition) is 2. The second-order valence-corrected chi connectivity index (χ2v) is 9.27. The summed E-state index contributed by atoms with van der Waals surface area (Å²) in [6.07, 6.45) is 2.52. The van der Waals surface area contributed by atoms with Crippen LogP contribution in [0.15, 0.2) is 23.6 Å². The van der Waals surface area contributed by atoms with E-state index in [0.29, 0.717) is 27.1 Å². The van der Waals surface area contributed by atoms with Gasteiger partial charge in [0, 0.05) is 36.9 Å². The van der Waals surface area contributed by atoms with E-state index in [0.717, 1.165) is 68.1 Å². The number of aromatic nitrogens is 3. The molecule has 4 heterocycles. The van der Waals surface area contributed by atoms with Crippen molar-refractivity contribution in [3.63, 3.8) is 0 Å². The van der Waals surface area contributed by atoms with Crippen molar-refractivity contribution in [1.82, 2.24) is 19.4 Å². The molecule has 1 amide bonds. The first-order valence-corrected chi connectivity index (χ1v) is 11.9. The van der Waals surface area contributed by atoms with Gasteiger partial charge in [0.25, 0.3) is 5.91 Å². The van der Waals surface area contributed by atoms with Crippen molar-refractivity contribution in [3.05, 3.63) is 45.3 Å². The number of anilines is 2. The van der Waals surface area contributed by atoms with Crippen molar-refractivity contribution < 1.29 is 9.53 Å². The Kier molecular flexibility index (Phi) is 6.44. The molecule has 1 aromatic carbocycles. The number of hydrazone groups is 1.